The highest BCUT2D eigenvalue weighted by molar-refractivity contribution is 6.31. The molecule has 108 valence electrons. The normalized spacial score (nSPS) is 11.1. The van der Waals surface area contributed by atoms with E-state index < -0.39 is 0 Å². The van der Waals surface area contributed by atoms with Gasteiger partial charge >= 0.3 is 5.69 Å². The minimum absolute atomic E-state index is 0.0259. The molecule has 0 radical (unpaired) electrons. The first kappa shape index (κ1) is 14.0. The summed E-state index contributed by atoms with van der Waals surface area (Å²) in [6.45, 7) is 3.30. The van der Waals surface area contributed by atoms with Crippen LogP contribution in [-0.4, -0.2) is 9.13 Å². The van der Waals surface area contributed by atoms with Crippen LogP contribution in [0.1, 0.15) is 18.9 Å². The molecule has 0 aliphatic rings. The van der Waals surface area contributed by atoms with Crippen molar-refractivity contribution in [2.24, 2.45) is 0 Å². The van der Waals surface area contributed by atoms with Crippen molar-refractivity contribution in [3.8, 4) is 0 Å². The van der Waals surface area contributed by atoms with Gasteiger partial charge in [0, 0.05) is 11.6 Å². The Labute approximate surface area is 128 Å². The highest BCUT2D eigenvalue weighted by atomic mass is 35.5. The molecule has 0 amide bonds. The zero-order valence-corrected chi connectivity index (χ0v) is 12.7. The van der Waals surface area contributed by atoms with E-state index in [1.807, 2.05) is 53.1 Å². The number of aryl methyl sites for hydroxylation is 1. The second-order valence-corrected chi connectivity index (χ2v) is 5.51. The molecule has 0 aliphatic heterocycles. The summed E-state index contributed by atoms with van der Waals surface area (Å²) in [5, 5.41) is 0.691. The van der Waals surface area contributed by atoms with E-state index in [0.29, 0.717) is 11.6 Å². The van der Waals surface area contributed by atoms with Crippen molar-refractivity contribution in [2.45, 2.75) is 26.4 Å². The van der Waals surface area contributed by atoms with E-state index in [4.69, 9.17) is 11.6 Å². The average Bonchev–Trinajstić information content (AvgIpc) is 2.76. The molecular weight excluding hydrogens is 284 g/mol. The van der Waals surface area contributed by atoms with Crippen molar-refractivity contribution in [3.05, 3.63) is 69.6 Å². The number of halogens is 1. The fourth-order valence-corrected chi connectivity index (χ4v) is 2.86. The van der Waals surface area contributed by atoms with Gasteiger partial charge in [-0.05, 0) is 30.2 Å². The van der Waals surface area contributed by atoms with E-state index in [2.05, 4.69) is 6.92 Å². The second kappa shape index (κ2) is 5.78. The Hall–Kier alpha value is -2.00. The first-order chi connectivity index (χ1) is 10.2. The van der Waals surface area contributed by atoms with Crippen LogP contribution in [0.5, 0.6) is 0 Å². The summed E-state index contributed by atoms with van der Waals surface area (Å²) < 4.78 is 3.64. The van der Waals surface area contributed by atoms with Gasteiger partial charge in [-0.15, -0.1) is 0 Å². The number of aromatic nitrogens is 2. The van der Waals surface area contributed by atoms with Crippen LogP contribution >= 0.6 is 11.6 Å². The molecule has 2 aromatic carbocycles. The lowest BCUT2D eigenvalue weighted by Crippen LogP contribution is -2.24. The van der Waals surface area contributed by atoms with Crippen LogP contribution in [-0.2, 0) is 13.1 Å². The maximum Gasteiger partial charge on any atom is 0.329 e. The number of hydrogen-bond donors (Lipinski definition) is 0. The highest BCUT2D eigenvalue weighted by Crippen LogP contribution is 2.19. The number of rotatable bonds is 4. The maximum atomic E-state index is 12.7. The van der Waals surface area contributed by atoms with Gasteiger partial charge in [0.25, 0.3) is 0 Å². The molecule has 0 bridgehead atoms. The smallest absolute Gasteiger partial charge is 0.292 e. The third kappa shape index (κ3) is 2.49. The van der Waals surface area contributed by atoms with E-state index in [1.165, 1.54) is 0 Å². The molecule has 3 nitrogen and oxygen atoms in total. The van der Waals surface area contributed by atoms with Crippen molar-refractivity contribution in [3.63, 3.8) is 0 Å². The van der Waals surface area contributed by atoms with E-state index in [0.717, 1.165) is 29.6 Å². The summed E-state index contributed by atoms with van der Waals surface area (Å²) >= 11 is 6.22. The van der Waals surface area contributed by atoms with Crippen molar-refractivity contribution >= 4 is 22.6 Å². The molecule has 0 saturated heterocycles. The standard InChI is InChI=1S/C17H17ClN2O/c1-2-11-19-15-9-5-6-10-16(15)20(17(19)21)12-13-7-3-4-8-14(13)18/h3-10H,2,11-12H2,1H3. The zero-order valence-electron chi connectivity index (χ0n) is 11.9. The van der Waals surface area contributed by atoms with Crippen LogP contribution in [0.4, 0.5) is 0 Å². The van der Waals surface area contributed by atoms with Gasteiger partial charge in [-0.1, -0.05) is 48.9 Å². The van der Waals surface area contributed by atoms with Gasteiger partial charge in [0.15, 0.2) is 0 Å². The number of fused-ring (bicyclic) bond motifs is 1. The molecule has 0 unspecified atom stereocenters. The Morgan fingerprint density at radius 2 is 1.57 bits per heavy atom. The summed E-state index contributed by atoms with van der Waals surface area (Å²) in [7, 11) is 0. The fraction of sp³-hybridized carbons (Fsp3) is 0.235. The van der Waals surface area contributed by atoms with Crippen LogP contribution in [0.3, 0.4) is 0 Å². The van der Waals surface area contributed by atoms with E-state index in [1.54, 1.807) is 4.57 Å². The monoisotopic (exact) mass is 300 g/mol. The Bertz CT molecular complexity index is 832. The fourth-order valence-electron chi connectivity index (χ4n) is 2.66. The van der Waals surface area contributed by atoms with Crippen molar-refractivity contribution in [1.82, 2.24) is 9.13 Å². The van der Waals surface area contributed by atoms with E-state index in [-0.39, 0.29) is 5.69 Å². The van der Waals surface area contributed by atoms with Crippen LogP contribution in [0.15, 0.2) is 53.3 Å². The third-order valence-corrected chi connectivity index (χ3v) is 4.03. The van der Waals surface area contributed by atoms with Crippen LogP contribution in [0, 0.1) is 0 Å². The number of para-hydroxylation sites is 2. The number of hydrogen-bond acceptors (Lipinski definition) is 1. The molecule has 0 atom stereocenters. The van der Waals surface area contributed by atoms with Crippen molar-refractivity contribution in [2.75, 3.05) is 0 Å². The second-order valence-electron chi connectivity index (χ2n) is 5.10. The molecule has 0 fully saturated rings. The molecule has 4 heteroatoms. The lowest BCUT2D eigenvalue weighted by molar-refractivity contribution is 0.638. The van der Waals surface area contributed by atoms with Gasteiger partial charge < -0.3 is 0 Å². The summed E-state index contributed by atoms with van der Waals surface area (Å²) in [6, 6.07) is 15.6. The van der Waals surface area contributed by atoms with Gasteiger partial charge in [-0.3, -0.25) is 9.13 Å². The van der Waals surface area contributed by atoms with Gasteiger partial charge in [0.2, 0.25) is 0 Å². The summed E-state index contributed by atoms with van der Waals surface area (Å²) in [5.41, 5.74) is 2.92. The van der Waals surface area contributed by atoms with Crippen LogP contribution in [0.25, 0.3) is 11.0 Å². The van der Waals surface area contributed by atoms with Gasteiger partial charge in [-0.2, -0.15) is 0 Å². The van der Waals surface area contributed by atoms with Gasteiger partial charge in [0.05, 0.1) is 17.6 Å². The van der Waals surface area contributed by atoms with Gasteiger partial charge in [-0.25, -0.2) is 4.79 Å². The van der Waals surface area contributed by atoms with Crippen LogP contribution < -0.4 is 5.69 Å². The number of imidazole rings is 1. The zero-order chi connectivity index (χ0) is 14.8. The predicted molar refractivity (Wildman–Crippen MR) is 87.0 cm³/mol. The molecular formula is C17H17ClN2O. The Kier molecular flexibility index (Phi) is 3.84. The molecule has 0 spiro atoms. The molecule has 3 aromatic rings. The first-order valence-corrected chi connectivity index (χ1v) is 7.51. The average molecular weight is 301 g/mol. The Morgan fingerprint density at radius 1 is 0.952 bits per heavy atom. The highest BCUT2D eigenvalue weighted by Gasteiger charge is 2.13. The molecule has 21 heavy (non-hydrogen) atoms. The predicted octanol–water partition coefficient (Wildman–Crippen LogP) is 3.91. The topological polar surface area (TPSA) is 26.9 Å². The lowest BCUT2D eigenvalue weighted by atomic mass is 10.2. The first-order valence-electron chi connectivity index (χ1n) is 7.14. The largest absolute Gasteiger partial charge is 0.329 e. The number of nitrogens with zero attached hydrogens (tertiary/aromatic N) is 2. The van der Waals surface area contributed by atoms with Crippen LogP contribution in [0.2, 0.25) is 5.02 Å². The SMILES string of the molecule is CCCn1c(=O)n(Cc2ccccc2Cl)c2ccccc21. The minimum atomic E-state index is 0.0259. The number of benzene rings is 2. The maximum absolute atomic E-state index is 12.7. The summed E-state index contributed by atoms with van der Waals surface area (Å²) in [4.78, 5) is 12.7. The van der Waals surface area contributed by atoms with E-state index in [9.17, 15) is 4.79 Å². The quantitative estimate of drug-likeness (QED) is 0.717. The minimum Gasteiger partial charge on any atom is -0.292 e. The van der Waals surface area contributed by atoms with E-state index >= 15 is 0 Å². The molecule has 0 aliphatic carbocycles. The molecule has 0 saturated carbocycles. The molecule has 1 heterocycles. The summed E-state index contributed by atoms with van der Waals surface area (Å²) in [6.07, 6.45) is 0.931. The van der Waals surface area contributed by atoms with Crippen molar-refractivity contribution in [1.29, 1.82) is 0 Å². The summed E-state index contributed by atoms with van der Waals surface area (Å²) in [5.74, 6) is 0. The Balaban J connectivity index is 2.17. The van der Waals surface area contributed by atoms with Gasteiger partial charge in [0.1, 0.15) is 0 Å². The lowest BCUT2D eigenvalue weighted by Gasteiger charge is -2.05. The molecule has 0 N–H and O–H groups in total. The molecule has 3 rings (SSSR count). The Morgan fingerprint density at radius 3 is 2.24 bits per heavy atom. The van der Waals surface area contributed by atoms with Crippen molar-refractivity contribution < 1.29 is 0 Å². The molecule has 1 aromatic heterocycles. The third-order valence-electron chi connectivity index (χ3n) is 3.66.